The molecule has 8 nitrogen and oxygen atoms in total. The summed E-state index contributed by atoms with van der Waals surface area (Å²) in [6, 6.07) is 13.1. The molecule has 4 N–H and O–H groups in total. The van der Waals surface area contributed by atoms with Gasteiger partial charge in [0.25, 0.3) is 0 Å². The van der Waals surface area contributed by atoms with Crippen LogP contribution in [0.15, 0.2) is 47.3 Å². The van der Waals surface area contributed by atoms with Crippen molar-refractivity contribution < 1.29 is 4.79 Å². The number of hydrogen-bond donors (Lipinski definition) is 4. The van der Waals surface area contributed by atoms with E-state index >= 15 is 0 Å². The summed E-state index contributed by atoms with van der Waals surface area (Å²) in [7, 11) is 0. The lowest BCUT2D eigenvalue weighted by molar-refractivity contribution is -0.116. The van der Waals surface area contributed by atoms with Gasteiger partial charge in [0.2, 0.25) is 5.91 Å². The Morgan fingerprint density at radius 2 is 2.00 bits per heavy atom. The number of carbonyl (C=O) groups excluding carboxylic acids is 1. The van der Waals surface area contributed by atoms with Gasteiger partial charge in [-0.05, 0) is 43.4 Å². The standard InChI is InChI=1S/C19H18N6O2S/c1-11-3-2-4-12(9-11)17-23-24-19(28)25(17)8-7-16(26)20-13-5-6-14-15(10-13)22-18(27)21-14/h2-6,9-10H,7-8H2,1H3,(H,20,26)(H,24,28)(H2,21,22,27). The van der Waals surface area contributed by atoms with Gasteiger partial charge in [-0.25, -0.2) is 4.79 Å². The van der Waals surface area contributed by atoms with Crippen LogP contribution in [0.3, 0.4) is 0 Å². The van der Waals surface area contributed by atoms with E-state index in [4.69, 9.17) is 12.2 Å². The summed E-state index contributed by atoms with van der Waals surface area (Å²) in [6.45, 7) is 2.41. The summed E-state index contributed by atoms with van der Waals surface area (Å²) in [4.78, 5) is 29.1. The second-order valence-corrected chi connectivity index (χ2v) is 6.90. The highest BCUT2D eigenvalue weighted by molar-refractivity contribution is 7.71. The first kappa shape index (κ1) is 17.9. The van der Waals surface area contributed by atoms with Crippen molar-refractivity contribution in [2.45, 2.75) is 19.9 Å². The molecule has 0 fully saturated rings. The van der Waals surface area contributed by atoms with Crippen LogP contribution in [0.1, 0.15) is 12.0 Å². The number of aromatic nitrogens is 5. The summed E-state index contributed by atoms with van der Waals surface area (Å²) in [5.41, 5.74) is 3.72. The Hall–Kier alpha value is -3.46. The van der Waals surface area contributed by atoms with Crippen molar-refractivity contribution in [3.63, 3.8) is 0 Å². The van der Waals surface area contributed by atoms with E-state index in [1.807, 2.05) is 35.8 Å². The van der Waals surface area contributed by atoms with Gasteiger partial charge in [-0.15, -0.1) is 0 Å². The molecular weight excluding hydrogens is 376 g/mol. The summed E-state index contributed by atoms with van der Waals surface area (Å²) in [5, 5.41) is 9.94. The predicted octanol–water partition coefficient (Wildman–Crippen LogP) is 3.11. The summed E-state index contributed by atoms with van der Waals surface area (Å²) in [6.07, 6.45) is 0.231. The number of benzene rings is 2. The average molecular weight is 394 g/mol. The van der Waals surface area contributed by atoms with Gasteiger partial charge in [0.05, 0.1) is 11.0 Å². The van der Waals surface area contributed by atoms with E-state index in [1.165, 1.54) is 0 Å². The van der Waals surface area contributed by atoms with Crippen molar-refractivity contribution in [1.82, 2.24) is 24.7 Å². The molecule has 4 rings (SSSR count). The molecule has 0 saturated heterocycles. The van der Waals surface area contributed by atoms with Gasteiger partial charge >= 0.3 is 5.69 Å². The summed E-state index contributed by atoms with van der Waals surface area (Å²) >= 11 is 5.32. The molecule has 4 aromatic rings. The summed E-state index contributed by atoms with van der Waals surface area (Å²) in [5.74, 6) is 0.545. The van der Waals surface area contributed by atoms with Crippen LogP contribution in [0, 0.1) is 11.7 Å². The zero-order valence-corrected chi connectivity index (χ0v) is 15.9. The number of fused-ring (bicyclic) bond motifs is 1. The first-order chi connectivity index (χ1) is 13.5. The van der Waals surface area contributed by atoms with E-state index < -0.39 is 0 Å². The highest BCUT2D eigenvalue weighted by atomic mass is 32.1. The number of rotatable bonds is 5. The van der Waals surface area contributed by atoms with Gasteiger partial charge in [0.1, 0.15) is 0 Å². The second kappa shape index (κ2) is 7.28. The number of H-pyrrole nitrogens is 3. The molecule has 2 aromatic heterocycles. The van der Waals surface area contributed by atoms with Crippen LogP contribution in [0.4, 0.5) is 5.69 Å². The first-order valence-corrected chi connectivity index (χ1v) is 9.14. The van der Waals surface area contributed by atoms with Crippen molar-refractivity contribution in [3.8, 4) is 11.4 Å². The number of anilines is 1. The van der Waals surface area contributed by atoms with Crippen LogP contribution in [-0.2, 0) is 11.3 Å². The monoisotopic (exact) mass is 394 g/mol. The maximum atomic E-state index is 12.4. The quantitative estimate of drug-likeness (QED) is 0.390. The van der Waals surface area contributed by atoms with E-state index in [2.05, 4.69) is 25.5 Å². The molecule has 0 atom stereocenters. The van der Waals surface area contributed by atoms with Gasteiger partial charge in [-0.3, -0.25) is 14.5 Å². The lowest BCUT2D eigenvalue weighted by atomic mass is 10.1. The van der Waals surface area contributed by atoms with E-state index in [1.54, 1.807) is 18.2 Å². The van der Waals surface area contributed by atoms with Crippen molar-refractivity contribution >= 4 is 34.8 Å². The van der Waals surface area contributed by atoms with Gasteiger partial charge in [0.15, 0.2) is 10.6 Å². The van der Waals surface area contributed by atoms with Gasteiger partial charge in [0, 0.05) is 24.2 Å². The molecule has 0 aliphatic carbocycles. The Morgan fingerprint density at radius 3 is 2.82 bits per heavy atom. The van der Waals surface area contributed by atoms with Crippen molar-refractivity contribution in [2.24, 2.45) is 0 Å². The average Bonchev–Trinajstić information content (AvgIpc) is 3.21. The number of imidazole rings is 1. The zero-order valence-electron chi connectivity index (χ0n) is 15.1. The lowest BCUT2D eigenvalue weighted by Gasteiger charge is -2.08. The van der Waals surface area contributed by atoms with Crippen LogP contribution in [-0.4, -0.2) is 30.6 Å². The molecule has 0 bridgehead atoms. The Balaban J connectivity index is 1.48. The molecule has 1 amide bonds. The number of hydrogen-bond acceptors (Lipinski definition) is 4. The Labute approximate surface area is 164 Å². The Bertz CT molecular complexity index is 1280. The molecule has 9 heteroatoms. The fraction of sp³-hybridized carbons (Fsp3) is 0.158. The van der Waals surface area contributed by atoms with Crippen molar-refractivity contribution in [3.05, 3.63) is 63.3 Å². The predicted molar refractivity (Wildman–Crippen MR) is 110 cm³/mol. The van der Waals surface area contributed by atoms with Gasteiger partial charge < -0.3 is 15.3 Å². The maximum Gasteiger partial charge on any atom is 0.323 e. The van der Waals surface area contributed by atoms with Crippen LogP contribution in [0.25, 0.3) is 22.4 Å². The zero-order chi connectivity index (χ0) is 19.7. The fourth-order valence-corrected chi connectivity index (χ4v) is 3.30. The molecule has 142 valence electrons. The van der Waals surface area contributed by atoms with E-state index in [-0.39, 0.29) is 18.0 Å². The highest BCUT2D eigenvalue weighted by Crippen LogP contribution is 2.19. The minimum Gasteiger partial charge on any atom is -0.326 e. The second-order valence-electron chi connectivity index (χ2n) is 6.51. The number of nitrogens with zero attached hydrogens (tertiary/aromatic N) is 2. The molecule has 28 heavy (non-hydrogen) atoms. The number of nitrogens with one attached hydrogen (secondary N) is 4. The van der Waals surface area contributed by atoms with Crippen LogP contribution in [0.5, 0.6) is 0 Å². The smallest absolute Gasteiger partial charge is 0.323 e. The largest absolute Gasteiger partial charge is 0.326 e. The number of amides is 1. The summed E-state index contributed by atoms with van der Waals surface area (Å²) < 4.78 is 2.28. The molecular formula is C19H18N6O2S. The molecule has 2 aromatic carbocycles. The van der Waals surface area contributed by atoms with E-state index in [9.17, 15) is 9.59 Å². The van der Waals surface area contributed by atoms with Crippen LogP contribution >= 0.6 is 12.2 Å². The first-order valence-electron chi connectivity index (χ1n) is 8.74. The molecule has 0 saturated carbocycles. The highest BCUT2D eigenvalue weighted by Gasteiger charge is 2.11. The third kappa shape index (κ3) is 3.65. The minimum atomic E-state index is -0.281. The molecule has 0 unspecified atom stereocenters. The van der Waals surface area contributed by atoms with Crippen LogP contribution in [0.2, 0.25) is 0 Å². The number of aryl methyl sites for hydroxylation is 1. The third-order valence-corrected chi connectivity index (χ3v) is 4.71. The Kier molecular flexibility index (Phi) is 4.66. The SMILES string of the molecule is Cc1cccc(-c2n[nH]c(=S)n2CCC(=O)Nc2ccc3[nH]c(=O)[nH]c3c2)c1. The minimum absolute atomic E-state index is 0.157. The molecule has 0 aliphatic heterocycles. The maximum absolute atomic E-state index is 12.4. The fourth-order valence-electron chi connectivity index (χ4n) is 3.08. The number of carbonyl (C=O) groups is 1. The topological polar surface area (TPSA) is 111 Å². The lowest BCUT2D eigenvalue weighted by Crippen LogP contribution is -2.15. The molecule has 0 radical (unpaired) electrons. The number of aromatic amines is 3. The van der Waals surface area contributed by atoms with Crippen molar-refractivity contribution in [2.75, 3.05) is 5.32 Å². The van der Waals surface area contributed by atoms with Crippen molar-refractivity contribution in [1.29, 1.82) is 0 Å². The molecule has 0 aliphatic rings. The van der Waals surface area contributed by atoms with E-state index in [0.29, 0.717) is 33.9 Å². The Morgan fingerprint density at radius 1 is 1.18 bits per heavy atom. The molecule has 0 spiro atoms. The third-order valence-electron chi connectivity index (χ3n) is 4.40. The molecule has 2 heterocycles. The van der Waals surface area contributed by atoms with Gasteiger partial charge in [-0.1, -0.05) is 23.8 Å². The van der Waals surface area contributed by atoms with Crippen LogP contribution < -0.4 is 11.0 Å². The van der Waals surface area contributed by atoms with Gasteiger partial charge in [-0.2, -0.15) is 5.10 Å². The van der Waals surface area contributed by atoms with E-state index in [0.717, 1.165) is 11.1 Å². The normalized spacial score (nSPS) is 11.0.